The third kappa shape index (κ3) is 4.93. The Morgan fingerprint density at radius 1 is 0.972 bits per heavy atom. The molecule has 1 aliphatic rings. The summed E-state index contributed by atoms with van der Waals surface area (Å²) in [6, 6.07) is 24.1. The van der Waals surface area contributed by atoms with E-state index in [-0.39, 0.29) is 5.91 Å². The van der Waals surface area contributed by atoms with Gasteiger partial charge in [-0.15, -0.1) is 5.10 Å². The minimum atomic E-state index is -0.397. The van der Waals surface area contributed by atoms with Gasteiger partial charge in [0, 0.05) is 17.1 Å². The third-order valence-corrected chi connectivity index (χ3v) is 7.22. The van der Waals surface area contributed by atoms with Gasteiger partial charge < -0.3 is 10.6 Å². The molecule has 36 heavy (non-hydrogen) atoms. The van der Waals surface area contributed by atoms with Gasteiger partial charge in [-0.3, -0.25) is 4.79 Å². The number of amides is 1. The monoisotopic (exact) mass is 495 g/mol. The number of aromatic nitrogens is 3. The molecule has 6 nitrogen and oxygen atoms in total. The highest BCUT2D eigenvalue weighted by atomic mass is 32.2. The van der Waals surface area contributed by atoms with Crippen LogP contribution in [0.25, 0.3) is 0 Å². The van der Waals surface area contributed by atoms with E-state index in [4.69, 9.17) is 10.1 Å². The number of anilines is 2. The molecule has 4 aromatic rings. The van der Waals surface area contributed by atoms with Crippen molar-refractivity contribution in [3.63, 3.8) is 0 Å². The van der Waals surface area contributed by atoms with Crippen LogP contribution in [0.3, 0.4) is 0 Å². The van der Waals surface area contributed by atoms with E-state index in [1.807, 2.05) is 55.8 Å². The maximum Gasteiger partial charge on any atom is 0.255 e. The van der Waals surface area contributed by atoms with Crippen molar-refractivity contribution in [3.8, 4) is 0 Å². The summed E-state index contributed by atoms with van der Waals surface area (Å²) in [5.41, 5.74) is 7.73. The highest BCUT2D eigenvalue weighted by Gasteiger charge is 2.34. The van der Waals surface area contributed by atoms with Gasteiger partial charge in [0.1, 0.15) is 6.04 Å². The Morgan fingerprint density at radius 3 is 2.42 bits per heavy atom. The number of carbonyl (C=O) groups is 1. The van der Waals surface area contributed by atoms with Crippen LogP contribution in [0.15, 0.2) is 89.2 Å². The summed E-state index contributed by atoms with van der Waals surface area (Å²) in [6.07, 6.45) is 0. The van der Waals surface area contributed by atoms with Crippen molar-refractivity contribution in [3.05, 3.63) is 112 Å². The first kappa shape index (κ1) is 23.9. The number of rotatable bonds is 6. The number of nitrogens with one attached hydrogen (secondary N) is 2. The molecule has 0 radical (unpaired) electrons. The Bertz CT molecular complexity index is 1440. The lowest BCUT2D eigenvalue weighted by molar-refractivity contribution is -0.113. The molecule has 1 aromatic heterocycles. The van der Waals surface area contributed by atoms with E-state index >= 15 is 0 Å². The fourth-order valence-corrected chi connectivity index (χ4v) is 5.19. The molecule has 5 rings (SSSR count). The second kappa shape index (κ2) is 10.0. The normalized spacial score (nSPS) is 14.8. The van der Waals surface area contributed by atoms with Crippen molar-refractivity contribution in [2.24, 2.45) is 0 Å². The maximum absolute atomic E-state index is 13.7. The molecule has 2 N–H and O–H groups in total. The lowest BCUT2D eigenvalue weighted by Gasteiger charge is -2.29. The number of benzene rings is 3. The number of hydrogen-bond acceptors (Lipinski definition) is 5. The summed E-state index contributed by atoms with van der Waals surface area (Å²) < 4.78 is 1.84. The molecule has 0 saturated carbocycles. The fraction of sp³-hybridized carbons (Fsp3) is 0.207. The second-order valence-corrected chi connectivity index (χ2v) is 10.1. The van der Waals surface area contributed by atoms with Crippen molar-refractivity contribution in [1.82, 2.24) is 14.8 Å². The Kier molecular flexibility index (Phi) is 6.65. The van der Waals surface area contributed by atoms with Gasteiger partial charge in [-0.05, 0) is 50.5 Å². The van der Waals surface area contributed by atoms with Gasteiger partial charge >= 0.3 is 0 Å². The molecular weight excluding hydrogens is 466 g/mol. The number of fused-ring (bicyclic) bond motifs is 1. The third-order valence-electron chi connectivity index (χ3n) is 6.31. The number of carbonyl (C=O) groups excluding carboxylic acids is 1. The van der Waals surface area contributed by atoms with E-state index in [1.54, 1.807) is 11.8 Å². The van der Waals surface area contributed by atoms with E-state index in [1.165, 1.54) is 5.56 Å². The van der Waals surface area contributed by atoms with Gasteiger partial charge in [0.25, 0.3) is 5.91 Å². The summed E-state index contributed by atoms with van der Waals surface area (Å²) in [5, 5.41) is 12.0. The molecule has 3 aromatic carbocycles. The highest BCUT2D eigenvalue weighted by molar-refractivity contribution is 7.98. The lowest BCUT2D eigenvalue weighted by Crippen LogP contribution is -2.31. The van der Waals surface area contributed by atoms with Crippen molar-refractivity contribution >= 4 is 29.3 Å². The molecule has 1 atom stereocenters. The SMILES string of the molecule is CC1=C(C(=O)Nc2ccc(C)cc2C)[C@H](c2ccc(C)cc2)n2nc(SCc3ccccc3)nc2N1. The predicted molar refractivity (Wildman–Crippen MR) is 146 cm³/mol. The van der Waals surface area contributed by atoms with E-state index < -0.39 is 6.04 Å². The fourth-order valence-electron chi connectivity index (χ4n) is 4.41. The quantitative estimate of drug-likeness (QED) is 0.302. The summed E-state index contributed by atoms with van der Waals surface area (Å²) in [4.78, 5) is 18.5. The van der Waals surface area contributed by atoms with Crippen LogP contribution in [0.5, 0.6) is 0 Å². The number of nitrogens with zero attached hydrogens (tertiary/aromatic N) is 3. The molecule has 0 spiro atoms. The first-order valence-corrected chi connectivity index (χ1v) is 12.9. The molecule has 7 heteroatoms. The first-order chi connectivity index (χ1) is 17.4. The Morgan fingerprint density at radius 2 is 1.69 bits per heavy atom. The van der Waals surface area contributed by atoms with Gasteiger partial charge in [-0.1, -0.05) is 89.6 Å². The van der Waals surface area contributed by atoms with Crippen LogP contribution in [0.2, 0.25) is 0 Å². The Balaban J connectivity index is 1.50. The predicted octanol–water partition coefficient (Wildman–Crippen LogP) is 6.42. The second-order valence-electron chi connectivity index (χ2n) is 9.19. The average molecular weight is 496 g/mol. The van der Waals surface area contributed by atoms with Crippen LogP contribution >= 0.6 is 11.8 Å². The largest absolute Gasteiger partial charge is 0.328 e. The smallest absolute Gasteiger partial charge is 0.255 e. The van der Waals surface area contributed by atoms with Crippen molar-refractivity contribution in [2.75, 3.05) is 10.6 Å². The first-order valence-electron chi connectivity index (χ1n) is 12.0. The van der Waals surface area contributed by atoms with Crippen LogP contribution in [-0.4, -0.2) is 20.7 Å². The van der Waals surface area contributed by atoms with Crippen molar-refractivity contribution in [1.29, 1.82) is 0 Å². The molecule has 1 amide bonds. The van der Waals surface area contributed by atoms with Gasteiger partial charge in [0.2, 0.25) is 11.1 Å². The minimum absolute atomic E-state index is 0.155. The zero-order valence-corrected chi connectivity index (χ0v) is 21.7. The van der Waals surface area contributed by atoms with Gasteiger partial charge in [0.15, 0.2) is 0 Å². The lowest BCUT2D eigenvalue weighted by atomic mass is 9.94. The summed E-state index contributed by atoms with van der Waals surface area (Å²) in [5.74, 6) is 1.25. The number of allylic oxidation sites excluding steroid dienone is 1. The van der Waals surface area contributed by atoms with Crippen molar-refractivity contribution in [2.45, 2.75) is 44.6 Å². The van der Waals surface area contributed by atoms with Crippen LogP contribution in [0.1, 0.15) is 40.8 Å². The van der Waals surface area contributed by atoms with E-state index in [2.05, 4.69) is 60.0 Å². The molecule has 0 fully saturated rings. The average Bonchev–Trinajstić information content (AvgIpc) is 3.27. The Labute approximate surface area is 215 Å². The van der Waals surface area contributed by atoms with Gasteiger partial charge in [-0.25, -0.2) is 4.68 Å². The van der Waals surface area contributed by atoms with Gasteiger partial charge in [0.05, 0.1) is 5.57 Å². The Hall–Kier alpha value is -3.84. The van der Waals surface area contributed by atoms with Crippen LogP contribution in [-0.2, 0) is 10.5 Å². The summed E-state index contributed by atoms with van der Waals surface area (Å²) in [6.45, 7) is 8.03. The molecule has 2 heterocycles. The van der Waals surface area contributed by atoms with E-state index in [0.29, 0.717) is 16.7 Å². The summed E-state index contributed by atoms with van der Waals surface area (Å²) >= 11 is 1.58. The zero-order valence-electron chi connectivity index (χ0n) is 20.9. The van der Waals surface area contributed by atoms with Crippen LogP contribution in [0.4, 0.5) is 11.6 Å². The molecule has 0 aliphatic carbocycles. The molecule has 0 bridgehead atoms. The molecule has 0 saturated heterocycles. The zero-order chi connectivity index (χ0) is 25.2. The number of hydrogen-bond donors (Lipinski definition) is 2. The topological polar surface area (TPSA) is 71.8 Å². The van der Waals surface area contributed by atoms with Gasteiger partial charge in [-0.2, -0.15) is 4.98 Å². The van der Waals surface area contributed by atoms with E-state index in [9.17, 15) is 4.79 Å². The van der Waals surface area contributed by atoms with Crippen LogP contribution in [0, 0.1) is 20.8 Å². The van der Waals surface area contributed by atoms with Crippen molar-refractivity contribution < 1.29 is 4.79 Å². The number of thioether (sulfide) groups is 1. The number of aryl methyl sites for hydroxylation is 3. The molecule has 0 unspecified atom stereocenters. The minimum Gasteiger partial charge on any atom is -0.328 e. The molecule has 182 valence electrons. The standard InChI is InChI=1S/C29H29N5OS/c1-18-10-13-23(14-11-18)26-25(27(35)31-24-15-12-19(2)16-20(24)3)21(4)30-28-32-29(33-34(26)28)36-17-22-8-6-5-7-9-22/h5-16,26H,17H2,1-4H3,(H,31,35)(H,30,32,33)/t26-/m0/s1. The molecule has 1 aliphatic heterocycles. The summed E-state index contributed by atoms with van der Waals surface area (Å²) in [7, 11) is 0. The van der Waals surface area contributed by atoms with Crippen LogP contribution < -0.4 is 10.6 Å². The highest BCUT2D eigenvalue weighted by Crippen LogP contribution is 2.37. The maximum atomic E-state index is 13.7. The molecular formula is C29H29N5OS. The van der Waals surface area contributed by atoms with E-state index in [0.717, 1.165) is 39.4 Å².